The van der Waals surface area contributed by atoms with Crippen molar-refractivity contribution in [3.05, 3.63) is 17.3 Å². The number of nitrogens with zero attached hydrogens (tertiary/aromatic N) is 2. The second-order valence-electron chi connectivity index (χ2n) is 4.22. The number of anilines is 1. The van der Waals surface area contributed by atoms with Gasteiger partial charge in [-0.15, -0.1) is 0 Å². The Labute approximate surface area is 102 Å². The number of aryl methyl sites for hydroxylation is 2. The van der Waals surface area contributed by atoms with Gasteiger partial charge in [-0.2, -0.15) is 0 Å². The Kier molecular flexibility index (Phi) is 5.28. The minimum absolute atomic E-state index is 0.232. The molecule has 0 saturated carbocycles. The van der Waals surface area contributed by atoms with E-state index in [0.29, 0.717) is 24.7 Å². The van der Waals surface area contributed by atoms with Crippen LogP contribution >= 0.6 is 0 Å². The van der Waals surface area contributed by atoms with E-state index in [9.17, 15) is 4.39 Å². The van der Waals surface area contributed by atoms with Crippen molar-refractivity contribution in [1.29, 1.82) is 0 Å². The van der Waals surface area contributed by atoms with Gasteiger partial charge in [-0.05, 0) is 34.1 Å². The zero-order valence-corrected chi connectivity index (χ0v) is 10.9. The van der Waals surface area contributed by atoms with Crippen LogP contribution in [0.1, 0.15) is 31.8 Å². The Morgan fingerprint density at radius 1 is 1.29 bits per heavy atom. The largest absolute Gasteiger partial charge is 0.379 e. The minimum atomic E-state index is -0.375. The molecule has 0 atom stereocenters. The molecule has 5 heteroatoms. The van der Waals surface area contributed by atoms with E-state index in [-0.39, 0.29) is 17.7 Å². The van der Waals surface area contributed by atoms with E-state index in [2.05, 4.69) is 15.3 Å². The molecule has 0 aliphatic carbocycles. The first-order valence-electron chi connectivity index (χ1n) is 5.87. The quantitative estimate of drug-likeness (QED) is 0.777. The first-order valence-corrected chi connectivity index (χ1v) is 5.87. The van der Waals surface area contributed by atoms with Gasteiger partial charge in [0, 0.05) is 13.2 Å². The van der Waals surface area contributed by atoms with Crippen LogP contribution in [0.3, 0.4) is 0 Å². The molecule has 0 aliphatic heterocycles. The van der Waals surface area contributed by atoms with Gasteiger partial charge in [0.05, 0.1) is 11.8 Å². The molecule has 0 spiro atoms. The molecule has 0 bridgehead atoms. The van der Waals surface area contributed by atoms with Crippen LogP contribution in [0, 0.1) is 19.7 Å². The third kappa shape index (κ3) is 4.65. The Balaban J connectivity index is 2.41. The van der Waals surface area contributed by atoms with Crippen LogP contribution in [0.4, 0.5) is 10.2 Å². The number of ether oxygens (including phenoxy) is 1. The van der Waals surface area contributed by atoms with Gasteiger partial charge in [0.1, 0.15) is 5.82 Å². The highest BCUT2D eigenvalue weighted by Crippen LogP contribution is 2.13. The molecule has 0 amide bonds. The molecule has 1 aromatic heterocycles. The van der Waals surface area contributed by atoms with Gasteiger partial charge in [-0.3, -0.25) is 0 Å². The van der Waals surface area contributed by atoms with Gasteiger partial charge >= 0.3 is 0 Å². The van der Waals surface area contributed by atoms with Crippen LogP contribution in [-0.2, 0) is 4.74 Å². The van der Waals surface area contributed by atoms with Gasteiger partial charge in [0.15, 0.2) is 11.6 Å². The highest BCUT2D eigenvalue weighted by Gasteiger charge is 2.08. The van der Waals surface area contributed by atoms with Crippen molar-refractivity contribution in [2.75, 3.05) is 18.5 Å². The maximum atomic E-state index is 13.6. The fourth-order valence-electron chi connectivity index (χ4n) is 1.41. The summed E-state index contributed by atoms with van der Waals surface area (Å²) in [6, 6.07) is 0. The van der Waals surface area contributed by atoms with Crippen LogP contribution in [0.25, 0.3) is 0 Å². The smallest absolute Gasteiger partial charge is 0.186 e. The summed E-state index contributed by atoms with van der Waals surface area (Å²) in [5.41, 5.74) is 0.374. The van der Waals surface area contributed by atoms with E-state index in [0.717, 1.165) is 6.42 Å². The lowest BCUT2D eigenvalue weighted by molar-refractivity contribution is 0.0787. The van der Waals surface area contributed by atoms with Crippen molar-refractivity contribution in [3.8, 4) is 0 Å². The third-order valence-corrected chi connectivity index (χ3v) is 2.19. The van der Waals surface area contributed by atoms with Crippen LogP contribution in [0.5, 0.6) is 0 Å². The summed E-state index contributed by atoms with van der Waals surface area (Å²) in [7, 11) is 0. The van der Waals surface area contributed by atoms with Gasteiger partial charge in [-0.25, -0.2) is 14.4 Å². The normalized spacial score (nSPS) is 10.9. The van der Waals surface area contributed by atoms with Crippen molar-refractivity contribution in [3.63, 3.8) is 0 Å². The molecular weight excluding hydrogens is 221 g/mol. The summed E-state index contributed by atoms with van der Waals surface area (Å²) in [6.45, 7) is 8.67. The van der Waals surface area contributed by atoms with E-state index < -0.39 is 0 Å². The molecule has 0 saturated heterocycles. The lowest BCUT2D eigenvalue weighted by Crippen LogP contribution is -2.12. The molecular formula is C12H20FN3O. The number of halogens is 1. The van der Waals surface area contributed by atoms with Crippen molar-refractivity contribution >= 4 is 5.82 Å². The number of aromatic nitrogens is 2. The number of hydrogen-bond acceptors (Lipinski definition) is 4. The molecule has 0 radical (unpaired) electrons. The molecule has 1 aromatic rings. The van der Waals surface area contributed by atoms with Crippen LogP contribution in [0.15, 0.2) is 0 Å². The molecule has 4 nitrogen and oxygen atoms in total. The Bertz CT molecular complexity index is 369. The number of hydrogen-bond donors (Lipinski definition) is 1. The molecule has 0 aromatic carbocycles. The summed E-state index contributed by atoms with van der Waals surface area (Å²) in [5, 5.41) is 2.96. The summed E-state index contributed by atoms with van der Waals surface area (Å²) >= 11 is 0. The molecule has 1 N–H and O–H groups in total. The topological polar surface area (TPSA) is 47.0 Å². The lowest BCUT2D eigenvalue weighted by atomic mass is 10.3. The fourth-order valence-corrected chi connectivity index (χ4v) is 1.41. The molecule has 17 heavy (non-hydrogen) atoms. The molecule has 1 rings (SSSR count). The third-order valence-electron chi connectivity index (χ3n) is 2.19. The molecule has 0 aliphatic rings. The maximum absolute atomic E-state index is 13.6. The van der Waals surface area contributed by atoms with Crippen LogP contribution < -0.4 is 5.32 Å². The summed E-state index contributed by atoms with van der Waals surface area (Å²) in [6.07, 6.45) is 1.05. The zero-order chi connectivity index (χ0) is 12.8. The Hall–Kier alpha value is -1.23. The van der Waals surface area contributed by atoms with Crippen LogP contribution in [0.2, 0.25) is 0 Å². The first-order chi connectivity index (χ1) is 8.00. The van der Waals surface area contributed by atoms with Gasteiger partial charge in [-0.1, -0.05) is 0 Å². The van der Waals surface area contributed by atoms with E-state index in [1.54, 1.807) is 13.8 Å². The van der Waals surface area contributed by atoms with Crippen molar-refractivity contribution in [2.45, 2.75) is 40.2 Å². The Morgan fingerprint density at radius 3 is 2.65 bits per heavy atom. The SMILES string of the molecule is Cc1nc(C)c(F)c(NCCCOC(C)C)n1. The standard InChI is InChI=1S/C12H20FN3O/c1-8(2)17-7-5-6-14-12-11(13)9(3)15-10(4)16-12/h8H,5-7H2,1-4H3,(H,14,15,16). The average Bonchev–Trinajstić information content (AvgIpc) is 2.23. The van der Waals surface area contributed by atoms with E-state index in [1.807, 2.05) is 13.8 Å². The first kappa shape index (κ1) is 13.8. The van der Waals surface area contributed by atoms with Crippen molar-refractivity contribution < 1.29 is 9.13 Å². The number of nitrogens with one attached hydrogen (secondary N) is 1. The summed E-state index contributed by atoms with van der Waals surface area (Å²) in [4.78, 5) is 7.98. The average molecular weight is 241 g/mol. The van der Waals surface area contributed by atoms with Crippen molar-refractivity contribution in [1.82, 2.24) is 9.97 Å². The van der Waals surface area contributed by atoms with Gasteiger partial charge in [0.2, 0.25) is 0 Å². The van der Waals surface area contributed by atoms with E-state index in [1.165, 1.54) is 0 Å². The van der Waals surface area contributed by atoms with E-state index in [4.69, 9.17) is 4.74 Å². The summed E-state index contributed by atoms with van der Waals surface area (Å²) in [5.74, 6) is 0.477. The van der Waals surface area contributed by atoms with E-state index >= 15 is 0 Å². The second kappa shape index (κ2) is 6.49. The number of rotatable bonds is 6. The highest BCUT2D eigenvalue weighted by molar-refractivity contribution is 5.37. The Morgan fingerprint density at radius 2 is 2.00 bits per heavy atom. The molecule has 0 unspecified atom stereocenters. The highest BCUT2D eigenvalue weighted by atomic mass is 19.1. The molecule has 96 valence electrons. The van der Waals surface area contributed by atoms with Crippen LogP contribution in [-0.4, -0.2) is 29.2 Å². The molecule has 1 heterocycles. The minimum Gasteiger partial charge on any atom is -0.379 e. The lowest BCUT2D eigenvalue weighted by Gasteiger charge is -2.10. The second-order valence-corrected chi connectivity index (χ2v) is 4.22. The monoisotopic (exact) mass is 241 g/mol. The van der Waals surface area contributed by atoms with Crippen molar-refractivity contribution in [2.24, 2.45) is 0 Å². The fraction of sp³-hybridized carbons (Fsp3) is 0.667. The maximum Gasteiger partial charge on any atom is 0.186 e. The predicted octanol–water partition coefficient (Wildman–Crippen LogP) is 2.46. The van der Waals surface area contributed by atoms with Gasteiger partial charge < -0.3 is 10.1 Å². The zero-order valence-electron chi connectivity index (χ0n) is 10.9. The van der Waals surface area contributed by atoms with Gasteiger partial charge in [0.25, 0.3) is 0 Å². The molecule has 0 fully saturated rings. The predicted molar refractivity (Wildman–Crippen MR) is 65.7 cm³/mol. The summed E-state index contributed by atoms with van der Waals surface area (Å²) < 4.78 is 19.0.